The minimum Gasteiger partial charge on any atom is -0.456 e. The van der Waals surface area contributed by atoms with E-state index in [9.17, 15) is 0 Å². The Morgan fingerprint density at radius 3 is 1.73 bits per heavy atom. The predicted octanol–water partition coefficient (Wildman–Crippen LogP) is 14.3. The number of rotatable bonds is 5. The number of aromatic nitrogens is 3. The number of nitrogens with zero attached hydrogens (tertiary/aromatic N) is 3. The molecule has 12 rings (SSSR count). The largest absolute Gasteiger partial charge is 0.456 e. The molecule has 11 aromatic rings. The van der Waals surface area contributed by atoms with Crippen molar-refractivity contribution in [3.63, 3.8) is 0 Å². The number of fused-ring (bicyclic) bond motifs is 9. The Labute approximate surface area is 340 Å². The van der Waals surface area contributed by atoms with Gasteiger partial charge in [-0.15, -0.1) is 0 Å². The summed E-state index contributed by atoms with van der Waals surface area (Å²) in [6, 6.07) is 61.3. The highest BCUT2D eigenvalue weighted by molar-refractivity contribution is 6.16. The average Bonchev–Trinajstić information content (AvgIpc) is 3.93. The first-order valence-electron chi connectivity index (χ1n) is 20.0. The minimum absolute atomic E-state index is 0.156. The zero-order valence-corrected chi connectivity index (χ0v) is 32.4. The lowest BCUT2D eigenvalue weighted by molar-refractivity contribution is 0.660. The lowest BCUT2D eigenvalue weighted by atomic mass is 9.82. The first-order chi connectivity index (χ1) is 29.0. The highest BCUT2D eigenvalue weighted by Crippen LogP contribution is 2.49. The van der Waals surface area contributed by atoms with Gasteiger partial charge >= 0.3 is 0 Å². The third-order valence-corrected chi connectivity index (χ3v) is 12.2. The maximum absolute atomic E-state index is 6.55. The van der Waals surface area contributed by atoms with E-state index in [2.05, 4.69) is 141 Å². The van der Waals surface area contributed by atoms with E-state index < -0.39 is 0 Å². The van der Waals surface area contributed by atoms with Crippen LogP contribution in [0.4, 0.5) is 0 Å². The third-order valence-electron chi connectivity index (χ3n) is 12.2. The van der Waals surface area contributed by atoms with Crippen LogP contribution in [-0.2, 0) is 5.41 Å². The second-order valence-corrected chi connectivity index (χ2v) is 16.0. The second-order valence-electron chi connectivity index (χ2n) is 16.0. The van der Waals surface area contributed by atoms with Gasteiger partial charge in [-0.05, 0) is 87.0 Å². The van der Waals surface area contributed by atoms with Gasteiger partial charge in [-0.3, -0.25) is 0 Å². The van der Waals surface area contributed by atoms with E-state index >= 15 is 0 Å². The quantitative estimate of drug-likeness (QED) is 0.175. The van der Waals surface area contributed by atoms with E-state index in [1.165, 1.54) is 22.3 Å². The molecule has 0 saturated heterocycles. The van der Waals surface area contributed by atoms with Crippen molar-refractivity contribution in [2.75, 3.05) is 0 Å². The predicted molar refractivity (Wildman–Crippen MR) is 239 cm³/mol. The van der Waals surface area contributed by atoms with Crippen LogP contribution in [0.15, 0.2) is 185 Å². The molecule has 0 aliphatic heterocycles. The van der Waals surface area contributed by atoms with Gasteiger partial charge in [-0.2, -0.15) is 0 Å². The summed E-state index contributed by atoms with van der Waals surface area (Å²) in [6.07, 6.45) is 0. The second kappa shape index (κ2) is 12.7. The summed E-state index contributed by atoms with van der Waals surface area (Å²) >= 11 is 0. The fourth-order valence-electron chi connectivity index (χ4n) is 9.24. The molecule has 3 aromatic heterocycles. The first-order valence-corrected chi connectivity index (χ1v) is 20.0. The van der Waals surface area contributed by atoms with E-state index in [1.807, 2.05) is 48.5 Å². The van der Waals surface area contributed by atoms with Gasteiger partial charge in [-0.1, -0.05) is 147 Å². The third kappa shape index (κ3) is 5.21. The number of hydrogen-bond acceptors (Lipinski definition) is 5. The minimum atomic E-state index is -0.156. The Balaban J connectivity index is 1.03. The summed E-state index contributed by atoms with van der Waals surface area (Å²) in [6.45, 7) is 4.60. The lowest BCUT2D eigenvalue weighted by Gasteiger charge is -2.21. The molecule has 0 bridgehead atoms. The van der Waals surface area contributed by atoms with Crippen LogP contribution in [0.5, 0.6) is 0 Å². The van der Waals surface area contributed by atoms with Gasteiger partial charge in [0.25, 0.3) is 0 Å². The van der Waals surface area contributed by atoms with Crippen LogP contribution in [0.1, 0.15) is 25.0 Å². The van der Waals surface area contributed by atoms with Gasteiger partial charge in [0.2, 0.25) is 0 Å². The molecule has 0 saturated carbocycles. The molecule has 0 amide bonds. The standard InChI is InChI=1S/C54H35N3O2/c1-54(2)43-20-10-9-17-38(43)39-26-24-36(30-44(39)54)52-55-51(33-15-7-4-8-16-33)56-53(57-52)41-19-12-22-47-50(41)42-29-35(25-28-45(42)58-47)37-18-11-21-46-49(37)40-27-23-34(31-48(40)59-46)32-13-5-3-6-14-32/h3-31H,1-2H3. The average molecular weight is 758 g/mol. The van der Waals surface area contributed by atoms with Crippen LogP contribution in [0.3, 0.4) is 0 Å². The highest BCUT2D eigenvalue weighted by Gasteiger charge is 2.35. The lowest BCUT2D eigenvalue weighted by Crippen LogP contribution is -2.15. The Hall–Kier alpha value is -7.63. The Morgan fingerprint density at radius 2 is 0.932 bits per heavy atom. The van der Waals surface area contributed by atoms with Gasteiger partial charge in [0.15, 0.2) is 17.5 Å². The molecule has 0 unspecified atom stereocenters. The van der Waals surface area contributed by atoms with E-state index in [-0.39, 0.29) is 5.41 Å². The molecule has 0 spiro atoms. The molecule has 5 heteroatoms. The maximum Gasteiger partial charge on any atom is 0.164 e. The smallest absolute Gasteiger partial charge is 0.164 e. The molecule has 0 N–H and O–H groups in total. The number of benzene rings is 8. The molecule has 278 valence electrons. The van der Waals surface area contributed by atoms with Crippen molar-refractivity contribution in [3.05, 3.63) is 187 Å². The van der Waals surface area contributed by atoms with Crippen molar-refractivity contribution in [1.29, 1.82) is 0 Å². The van der Waals surface area contributed by atoms with Crippen LogP contribution >= 0.6 is 0 Å². The molecule has 8 aromatic carbocycles. The molecule has 0 fully saturated rings. The summed E-state index contributed by atoms with van der Waals surface area (Å²) in [4.78, 5) is 15.6. The molecule has 1 aliphatic rings. The molecule has 0 radical (unpaired) electrons. The van der Waals surface area contributed by atoms with Crippen molar-refractivity contribution < 1.29 is 8.83 Å². The van der Waals surface area contributed by atoms with Gasteiger partial charge in [0.05, 0.1) is 0 Å². The van der Waals surface area contributed by atoms with Crippen LogP contribution in [-0.4, -0.2) is 15.0 Å². The molecular formula is C54H35N3O2. The van der Waals surface area contributed by atoms with E-state index in [0.29, 0.717) is 17.5 Å². The van der Waals surface area contributed by atoms with E-state index in [0.717, 1.165) is 82.8 Å². The topological polar surface area (TPSA) is 65.0 Å². The Bertz CT molecular complexity index is 3470. The molecule has 59 heavy (non-hydrogen) atoms. The van der Waals surface area contributed by atoms with Crippen molar-refractivity contribution >= 4 is 43.9 Å². The molecule has 0 atom stereocenters. The van der Waals surface area contributed by atoms with Crippen LogP contribution in [0, 0.1) is 0 Å². The van der Waals surface area contributed by atoms with E-state index in [1.54, 1.807) is 0 Å². The fraction of sp³-hybridized carbons (Fsp3) is 0.0556. The van der Waals surface area contributed by atoms with Crippen molar-refractivity contribution in [3.8, 4) is 67.5 Å². The Morgan fingerprint density at radius 1 is 0.339 bits per heavy atom. The molecule has 5 nitrogen and oxygen atoms in total. The van der Waals surface area contributed by atoms with Crippen molar-refractivity contribution in [1.82, 2.24) is 15.0 Å². The summed E-state index contributed by atoms with van der Waals surface area (Å²) < 4.78 is 13.1. The van der Waals surface area contributed by atoms with Crippen LogP contribution in [0.25, 0.3) is 111 Å². The fourth-order valence-corrected chi connectivity index (χ4v) is 9.24. The molecule has 1 aliphatic carbocycles. The summed E-state index contributed by atoms with van der Waals surface area (Å²) in [5.74, 6) is 1.84. The summed E-state index contributed by atoms with van der Waals surface area (Å²) in [5.41, 5.74) is 15.5. The number of hydrogen-bond donors (Lipinski definition) is 0. The Kier molecular flexibility index (Phi) is 7.20. The monoisotopic (exact) mass is 757 g/mol. The summed E-state index contributed by atoms with van der Waals surface area (Å²) in [7, 11) is 0. The summed E-state index contributed by atoms with van der Waals surface area (Å²) in [5, 5.41) is 4.12. The zero-order valence-electron chi connectivity index (χ0n) is 32.4. The van der Waals surface area contributed by atoms with E-state index in [4.69, 9.17) is 23.8 Å². The zero-order chi connectivity index (χ0) is 39.2. The first kappa shape index (κ1) is 33.5. The van der Waals surface area contributed by atoms with Crippen LogP contribution in [0.2, 0.25) is 0 Å². The van der Waals surface area contributed by atoms with Gasteiger partial charge < -0.3 is 8.83 Å². The van der Waals surface area contributed by atoms with Crippen LogP contribution < -0.4 is 0 Å². The normalized spacial score (nSPS) is 13.1. The molecular weight excluding hydrogens is 723 g/mol. The SMILES string of the molecule is CC1(C)c2ccccc2-c2ccc(-c3nc(-c4ccccc4)nc(-c4cccc5oc6ccc(-c7cccc8oc9cc(-c%10ccccc%10)ccc9c78)cc6c45)n3)cc21. The molecule has 3 heterocycles. The van der Waals surface area contributed by atoms with Crippen molar-refractivity contribution in [2.45, 2.75) is 19.3 Å². The van der Waals surface area contributed by atoms with Gasteiger partial charge in [0, 0.05) is 43.7 Å². The highest BCUT2D eigenvalue weighted by atomic mass is 16.3. The van der Waals surface area contributed by atoms with Gasteiger partial charge in [-0.25, -0.2) is 15.0 Å². The number of furan rings is 2. The van der Waals surface area contributed by atoms with Gasteiger partial charge in [0.1, 0.15) is 22.3 Å². The van der Waals surface area contributed by atoms with Crippen molar-refractivity contribution in [2.24, 2.45) is 0 Å². The maximum atomic E-state index is 6.55.